The second-order valence-electron chi connectivity index (χ2n) is 2.59. The van der Waals surface area contributed by atoms with E-state index in [9.17, 15) is 4.79 Å². The van der Waals surface area contributed by atoms with Gasteiger partial charge in [-0.3, -0.25) is 4.79 Å². The summed E-state index contributed by atoms with van der Waals surface area (Å²) in [4.78, 5) is 10.6. The van der Waals surface area contributed by atoms with Crippen molar-refractivity contribution in [1.82, 2.24) is 0 Å². The largest absolute Gasteiger partial charge is 0.281 e. The zero-order chi connectivity index (χ0) is 9.84. The molecule has 0 spiro atoms. The Kier molecular flexibility index (Phi) is 3.70. The lowest BCUT2D eigenvalue weighted by Gasteiger charge is -2.01. The average Bonchev–Trinajstić information content (AvgIpc) is 2.07. The predicted octanol–water partition coefficient (Wildman–Crippen LogP) is 3.40. The van der Waals surface area contributed by atoms with Gasteiger partial charge in [0.15, 0.2) is 0 Å². The van der Waals surface area contributed by atoms with Crippen LogP contribution in [-0.4, -0.2) is 5.24 Å². The van der Waals surface area contributed by atoms with Crippen molar-refractivity contribution in [3.63, 3.8) is 0 Å². The molecule has 0 aliphatic carbocycles. The van der Waals surface area contributed by atoms with Crippen molar-refractivity contribution < 1.29 is 4.79 Å². The molecule has 0 heterocycles. The Labute approximate surface area is 90.5 Å². The average molecular weight is 260 g/mol. The fourth-order valence-corrected chi connectivity index (χ4v) is 1.58. The van der Waals surface area contributed by atoms with E-state index < -0.39 is 0 Å². The van der Waals surface area contributed by atoms with Crippen molar-refractivity contribution in [2.24, 2.45) is 0 Å². The standard InChI is InChI=1S/C10H8BrClO/c1-2-8-5-7(6-10(12)13)3-4-9(8)11/h2-5H,1,6H2. The van der Waals surface area contributed by atoms with E-state index >= 15 is 0 Å². The Bertz CT molecular complexity index is 347. The molecule has 1 aromatic rings. The van der Waals surface area contributed by atoms with E-state index in [1.807, 2.05) is 18.2 Å². The molecule has 1 aromatic carbocycles. The molecule has 0 bridgehead atoms. The fraction of sp³-hybridized carbons (Fsp3) is 0.100. The zero-order valence-electron chi connectivity index (χ0n) is 6.89. The maximum Gasteiger partial charge on any atom is 0.226 e. The SMILES string of the molecule is C=Cc1cc(CC(=O)Cl)ccc1Br. The monoisotopic (exact) mass is 258 g/mol. The lowest BCUT2D eigenvalue weighted by Crippen LogP contribution is -1.93. The maximum atomic E-state index is 10.6. The molecule has 0 amide bonds. The zero-order valence-corrected chi connectivity index (χ0v) is 9.23. The lowest BCUT2D eigenvalue weighted by molar-refractivity contribution is -0.111. The topological polar surface area (TPSA) is 17.1 Å². The Hall–Kier alpha value is -0.600. The van der Waals surface area contributed by atoms with Gasteiger partial charge in [-0.1, -0.05) is 40.7 Å². The first-order valence-corrected chi connectivity index (χ1v) is 4.90. The highest BCUT2D eigenvalue weighted by Crippen LogP contribution is 2.19. The van der Waals surface area contributed by atoms with Crippen molar-refractivity contribution >= 4 is 38.8 Å². The van der Waals surface area contributed by atoms with Crippen LogP contribution in [0.2, 0.25) is 0 Å². The van der Waals surface area contributed by atoms with Crippen LogP contribution in [0, 0.1) is 0 Å². The van der Waals surface area contributed by atoms with Gasteiger partial charge in [0.05, 0.1) is 0 Å². The van der Waals surface area contributed by atoms with Gasteiger partial charge in [0.2, 0.25) is 5.24 Å². The minimum absolute atomic E-state index is 0.260. The summed E-state index contributed by atoms with van der Waals surface area (Å²) in [6.45, 7) is 3.66. The van der Waals surface area contributed by atoms with Crippen LogP contribution >= 0.6 is 27.5 Å². The van der Waals surface area contributed by atoms with Gasteiger partial charge in [0, 0.05) is 10.9 Å². The third-order valence-corrected chi connectivity index (χ3v) is 2.48. The second kappa shape index (κ2) is 4.58. The molecule has 3 heteroatoms. The summed E-state index contributed by atoms with van der Waals surface area (Å²) in [6.07, 6.45) is 1.99. The van der Waals surface area contributed by atoms with Crippen molar-refractivity contribution in [1.29, 1.82) is 0 Å². The quantitative estimate of drug-likeness (QED) is 0.761. The van der Waals surface area contributed by atoms with Gasteiger partial charge in [-0.15, -0.1) is 0 Å². The third kappa shape index (κ3) is 2.98. The summed E-state index contributed by atoms with van der Waals surface area (Å²) in [5.74, 6) is 0. The number of rotatable bonds is 3. The van der Waals surface area contributed by atoms with E-state index in [4.69, 9.17) is 11.6 Å². The molecule has 0 saturated heterocycles. The first-order valence-electron chi connectivity index (χ1n) is 3.72. The predicted molar refractivity (Wildman–Crippen MR) is 58.8 cm³/mol. The van der Waals surface area contributed by atoms with Crippen LogP contribution in [0.5, 0.6) is 0 Å². The van der Waals surface area contributed by atoms with Gasteiger partial charge in [0.1, 0.15) is 0 Å². The lowest BCUT2D eigenvalue weighted by atomic mass is 10.1. The molecule has 0 aliphatic heterocycles. The van der Waals surface area contributed by atoms with Crippen molar-refractivity contribution in [3.05, 3.63) is 40.4 Å². The molecular weight excluding hydrogens is 251 g/mol. The first kappa shape index (κ1) is 10.5. The molecule has 0 fully saturated rings. The molecule has 0 saturated carbocycles. The number of halogens is 2. The van der Waals surface area contributed by atoms with Crippen LogP contribution in [0.3, 0.4) is 0 Å². The number of hydrogen-bond acceptors (Lipinski definition) is 1. The van der Waals surface area contributed by atoms with Crippen LogP contribution in [0.25, 0.3) is 6.08 Å². The molecule has 13 heavy (non-hydrogen) atoms. The molecule has 0 aromatic heterocycles. The van der Waals surface area contributed by atoms with Crippen LogP contribution in [0.15, 0.2) is 29.3 Å². The van der Waals surface area contributed by atoms with Gasteiger partial charge in [-0.2, -0.15) is 0 Å². The molecule has 0 N–H and O–H groups in total. The Morgan fingerprint density at radius 1 is 1.62 bits per heavy atom. The molecule has 0 atom stereocenters. The summed E-state index contributed by atoms with van der Waals surface area (Å²) >= 11 is 8.64. The highest BCUT2D eigenvalue weighted by Gasteiger charge is 2.01. The summed E-state index contributed by atoms with van der Waals surface area (Å²) in [6, 6.07) is 5.63. The number of carbonyl (C=O) groups excluding carboxylic acids is 1. The van der Waals surface area contributed by atoms with Gasteiger partial charge >= 0.3 is 0 Å². The van der Waals surface area contributed by atoms with E-state index in [1.165, 1.54) is 0 Å². The van der Waals surface area contributed by atoms with Gasteiger partial charge < -0.3 is 0 Å². The fourth-order valence-electron chi connectivity index (χ4n) is 1.02. The summed E-state index contributed by atoms with van der Waals surface area (Å²) in [5, 5.41) is -0.350. The molecule has 1 rings (SSSR count). The minimum Gasteiger partial charge on any atom is -0.281 e. The molecular formula is C10H8BrClO. The second-order valence-corrected chi connectivity index (χ2v) is 3.87. The molecule has 0 unspecified atom stereocenters. The van der Waals surface area contributed by atoms with Gasteiger partial charge in [0.25, 0.3) is 0 Å². The number of benzene rings is 1. The van der Waals surface area contributed by atoms with E-state index in [1.54, 1.807) is 6.08 Å². The van der Waals surface area contributed by atoms with Crippen LogP contribution in [-0.2, 0) is 11.2 Å². The van der Waals surface area contributed by atoms with Crippen molar-refractivity contribution in [2.45, 2.75) is 6.42 Å². The normalized spacial score (nSPS) is 9.69. The highest BCUT2D eigenvalue weighted by molar-refractivity contribution is 9.10. The maximum absolute atomic E-state index is 10.6. The number of hydrogen-bond donors (Lipinski definition) is 0. The molecule has 0 aliphatic rings. The van der Waals surface area contributed by atoms with Crippen LogP contribution < -0.4 is 0 Å². The van der Waals surface area contributed by atoms with Crippen LogP contribution in [0.4, 0.5) is 0 Å². The van der Waals surface area contributed by atoms with E-state index in [0.29, 0.717) is 0 Å². The van der Waals surface area contributed by atoms with Gasteiger partial charge in [-0.05, 0) is 28.8 Å². The Morgan fingerprint density at radius 3 is 2.85 bits per heavy atom. The number of carbonyl (C=O) groups is 1. The van der Waals surface area contributed by atoms with E-state index in [2.05, 4.69) is 22.5 Å². The Balaban J connectivity index is 2.99. The van der Waals surface area contributed by atoms with Crippen molar-refractivity contribution in [3.8, 4) is 0 Å². The highest BCUT2D eigenvalue weighted by atomic mass is 79.9. The molecule has 1 nitrogen and oxygen atoms in total. The van der Waals surface area contributed by atoms with Crippen molar-refractivity contribution in [2.75, 3.05) is 0 Å². The summed E-state index contributed by atoms with van der Waals surface area (Å²) in [5.41, 5.74) is 1.87. The first-order chi connectivity index (χ1) is 6.13. The summed E-state index contributed by atoms with van der Waals surface area (Å²) in [7, 11) is 0. The Morgan fingerprint density at radius 2 is 2.31 bits per heavy atom. The summed E-state index contributed by atoms with van der Waals surface area (Å²) < 4.78 is 0.966. The van der Waals surface area contributed by atoms with Crippen LogP contribution in [0.1, 0.15) is 11.1 Å². The molecule has 0 radical (unpaired) electrons. The smallest absolute Gasteiger partial charge is 0.226 e. The minimum atomic E-state index is -0.350. The van der Waals surface area contributed by atoms with Gasteiger partial charge in [-0.25, -0.2) is 0 Å². The van der Waals surface area contributed by atoms with E-state index in [0.717, 1.165) is 15.6 Å². The third-order valence-electron chi connectivity index (χ3n) is 1.62. The molecule has 68 valence electrons. The van der Waals surface area contributed by atoms with E-state index in [-0.39, 0.29) is 11.7 Å².